The van der Waals surface area contributed by atoms with Crippen molar-refractivity contribution in [2.24, 2.45) is 5.92 Å². The molecular formula is C22H27FN2O3. The smallest absolute Gasteiger partial charge is 0.318 e. The van der Waals surface area contributed by atoms with Crippen LogP contribution >= 0.6 is 0 Å². The maximum Gasteiger partial charge on any atom is 0.318 e. The molecule has 2 atom stereocenters. The van der Waals surface area contributed by atoms with Crippen molar-refractivity contribution >= 4 is 23.1 Å². The Balaban J connectivity index is 1.65. The van der Waals surface area contributed by atoms with Gasteiger partial charge in [-0.3, -0.25) is 9.59 Å². The van der Waals surface area contributed by atoms with E-state index in [1.54, 1.807) is 6.92 Å². The number of anilines is 2. The van der Waals surface area contributed by atoms with Crippen molar-refractivity contribution in [3.8, 4) is 0 Å². The number of hydrogen-bond donors (Lipinski definition) is 0. The number of esters is 1. The first-order valence-corrected chi connectivity index (χ1v) is 10.7. The minimum Gasteiger partial charge on any atom is -0.465 e. The molecule has 0 N–H and O–H groups in total. The van der Waals surface area contributed by atoms with E-state index in [1.807, 2.05) is 0 Å². The predicted molar refractivity (Wildman–Crippen MR) is 105 cm³/mol. The van der Waals surface area contributed by atoms with Gasteiger partial charge in [0.05, 0.1) is 18.0 Å². The monoisotopic (exact) mass is 386 g/mol. The highest BCUT2D eigenvalue weighted by molar-refractivity contribution is 6.14. The quantitative estimate of drug-likeness (QED) is 0.588. The summed E-state index contributed by atoms with van der Waals surface area (Å²) in [5, 5.41) is 0. The molecule has 28 heavy (non-hydrogen) atoms. The van der Waals surface area contributed by atoms with Gasteiger partial charge in [-0.15, -0.1) is 0 Å². The number of fused-ring (bicyclic) bond motifs is 5. The van der Waals surface area contributed by atoms with Crippen molar-refractivity contribution in [2.75, 3.05) is 29.5 Å². The summed E-state index contributed by atoms with van der Waals surface area (Å²) in [7, 11) is 0. The lowest BCUT2D eigenvalue weighted by Crippen LogP contribution is -2.45. The number of ether oxygens (including phenoxy) is 1. The average Bonchev–Trinajstić information content (AvgIpc) is 3.45. The highest BCUT2D eigenvalue weighted by Gasteiger charge is 2.45. The number of ketones is 1. The summed E-state index contributed by atoms with van der Waals surface area (Å²) < 4.78 is 20.5. The second kappa shape index (κ2) is 6.75. The summed E-state index contributed by atoms with van der Waals surface area (Å²) in [6, 6.07) is 2.16. The van der Waals surface area contributed by atoms with Crippen LogP contribution in [0, 0.1) is 11.7 Å². The molecule has 1 aliphatic carbocycles. The van der Waals surface area contributed by atoms with Crippen LogP contribution in [0.1, 0.15) is 61.4 Å². The van der Waals surface area contributed by atoms with Gasteiger partial charge in [-0.25, -0.2) is 4.39 Å². The fraction of sp³-hybridized carbons (Fsp3) is 0.636. The summed E-state index contributed by atoms with van der Waals surface area (Å²) in [4.78, 5) is 30.0. The van der Waals surface area contributed by atoms with Crippen LogP contribution in [0.25, 0.3) is 0 Å². The number of nitrogens with zero attached hydrogens (tertiary/aromatic N) is 2. The van der Waals surface area contributed by atoms with Crippen molar-refractivity contribution in [3.63, 3.8) is 0 Å². The van der Waals surface area contributed by atoms with Gasteiger partial charge in [-0.2, -0.15) is 0 Å². The van der Waals surface area contributed by atoms with Gasteiger partial charge < -0.3 is 14.5 Å². The van der Waals surface area contributed by atoms with Crippen LogP contribution in [0.3, 0.4) is 0 Å². The summed E-state index contributed by atoms with van der Waals surface area (Å²) in [6.07, 6.45) is 7.21. The highest BCUT2D eigenvalue weighted by atomic mass is 19.1. The van der Waals surface area contributed by atoms with Gasteiger partial charge in [0.15, 0.2) is 5.78 Å². The molecule has 1 saturated carbocycles. The minimum absolute atomic E-state index is 0.244. The third-order valence-corrected chi connectivity index (χ3v) is 6.76. The second-order valence-electron chi connectivity index (χ2n) is 8.52. The highest BCUT2D eigenvalue weighted by Crippen LogP contribution is 2.48. The zero-order valence-electron chi connectivity index (χ0n) is 16.4. The van der Waals surface area contributed by atoms with E-state index in [0.717, 1.165) is 62.7 Å². The fourth-order valence-electron chi connectivity index (χ4n) is 5.39. The number of halogens is 1. The first-order valence-electron chi connectivity index (χ1n) is 10.7. The molecular weight excluding hydrogens is 359 g/mol. The van der Waals surface area contributed by atoms with Crippen molar-refractivity contribution in [2.45, 2.75) is 64.0 Å². The van der Waals surface area contributed by atoms with Gasteiger partial charge in [0.1, 0.15) is 11.7 Å². The molecule has 6 heteroatoms. The summed E-state index contributed by atoms with van der Waals surface area (Å²) in [5.41, 5.74) is 2.98. The van der Waals surface area contributed by atoms with Crippen molar-refractivity contribution in [3.05, 3.63) is 23.0 Å². The number of carbonyl (C=O) groups is 2. The third-order valence-electron chi connectivity index (χ3n) is 6.76. The molecule has 0 aromatic heterocycles. The van der Waals surface area contributed by atoms with E-state index in [9.17, 15) is 9.59 Å². The SMILES string of the molecule is CCOC(=O)C1CN(C2CC2)c2c(cc(F)c3c2CCCC2CCCN32)C1=O. The molecule has 150 valence electrons. The molecule has 0 radical (unpaired) electrons. The van der Waals surface area contributed by atoms with E-state index in [2.05, 4.69) is 9.80 Å². The summed E-state index contributed by atoms with van der Waals surface area (Å²) in [5.74, 6) is -1.93. The van der Waals surface area contributed by atoms with Crippen LogP contribution in [0.2, 0.25) is 0 Å². The van der Waals surface area contributed by atoms with Crippen LogP contribution in [0.5, 0.6) is 0 Å². The molecule has 1 aromatic carbocycles. The molecule has 5 rings (SSSR count). The molecule has 0 spiro atoms. The van der Waals surface area contributed by atoms with Gasteiger partial charge >= 0.3 is 5.97 Å². The second-order valence-corrected chi connectivity index (χ2v) is 8.52. The number of benzene rings is 1. The fourth-order valence-corrected chi connectivity index (χ4v) is 5.39. The van der Waals surface area contributed by atoms with Crippen LogP contribution in [0.15, 0.2) is 6.07 Å². The molecule has 1 aromatic rings. The van der Waals surface area contributed by atoms with E-state index in [1.165, 1.54) is 6.07 Å². The minimum atomic E-state index is -0.851. The maximum atomic E-state index is 15.3. The lowest BCUT2D eigenvalue weighted by molar-refractivity contribution is -0.145. The van der Waals surface area contributed by atoms with Gasteiger partial charge in [-0.05, 0) is 57.9 Å². The topological polar surface area (TPSA) is 49.9 Å². The first kappa shape index (κ1) is 18.0. The Morgan fingerprint density at radius 3 is 2.64 bits per heavy atom. The molecule has 3 aliphatic heterocycles. The summed E-state index contributed by atoms with van der Waals surface area (Å²) in [6.45, 7) is 3.23. The number of carbonyl (C=O) groups excluding carboxylic acids is 2. The number of hydrogen-bond acceptors (Lipinski definition) is 5. The molecule has 3 heterocycles. The van der Waals surface area contributed by atoms with E-state index in [0.29, 0.717) is 29.9 Å². The Hall–Kier alpha value is -2.11. The standard InChI is InChI=1S/C22H27FN2O3/c1-2-28-22(27)17-12-25(14-8-9-14)19-15-7-3-5-13-6-4-10-24(13)20(15)18(23)11-16(19)21(17)26/h11,13-14,17H,2-10,12H2,1H3. The molecule has 0 bridgehead atoms. The zero-order valence-corrected chi connectivity index (χ0v) is 16.4. The zero-order chi connectivity index (χ0) is 19.4. The van der Waals surface area contributed by atoms with Crippen molar-refractivity contribution in [1.82, 2.24) is 0 Å². The van der Waals surface area contributed by atoms with Crippen LogP contribution < -0.4 is 9.80 Å². The Bertz CT molecular complexity index is 836. The van der Waals surface area contributed by atoms with Gasteiger partial charge in [0.2, 0.25) is 0 Å². The first-order chi connectivity index (χ1) is 13.6. The largest absolute Gasteiger partial charge is 0.465 e. The van der Waals surface area contributed by atoms with Crippen molar-refractivity contribution < 1.29 is 18.7 Å². The van der Waals surface area contributed by atoms with E-state index >= 15 is 4.39 Å². The normalized spacial score (nSPS) is 26.4. The van der Waals surface area contributed by atoms with Crippen LogP contribution in [-0.2, 0) is 16.0 Å². The van der Waals surface area contributed by atoms with Crippen molar-refractivity contribution in [1.29, 1.82) is 0 Å². The lowest BCUT2D eigenvalue weighted by Gasteiger charge is -2.38. The maximum absolute atomic E-state index is 15.3. The average molecular weight is 386 g/mol. The van der Waals surface area contributed by atoms with E-state index in [4.69, 9.17) is 4.74 Å². The third kappa shape index (κ3) is 2.72. The van der Waals surface area contributed by atoms with Gasteiger partial charge in [0, 0.05) is 36.3 Å². The molecule has 1 saturated heterocycles. The number of rotatable bonds is 3. The molecule has 5 nitrogen and oxygen atoms in total. The van der Waals surface area contributed by atoms with Crippen LogP contribution in [-0.4, -0.2) is 43.5 Å². The van der Waals surface area contributed by atoms with Crippen LogP contribution in [0.4, 0.5) is 15.8 Å². The Morgan fingerprint density at radius 2 is 1.89 bits per heavy atom. The van der Waals surface area contributed by atoms with E-state index in [-0.39, 0.29) is 18.2 Å². The van der Waals surface area contributed by atoms with Gasteiger partial charge in [-0.1, -0.05) is 0 Å². The number of Topliss-reactive ketones (excluding diaryl/α,β-unsaturated/α-hetero) is 1. The van der Waals surface area contributed by atoms with E-state index < -0.39 is 11.9 Å². The molecule has 0 amide bonds. The Kier molecular flexibility index (Phi) is 4.33. The Morgan fingerprint density at radius 1 is 1.14 bits per heavy atom. The lowest BCUT2D eigenvalue weighted by atomic mass is 9.86. The molecule has 2 fully saturated rings. The predicted octanol–water partition coefficient (Wildman–Crippen LogP) is 3.48. The summed E-state index contributed by atoms with van der Waals surface area (Å²) >= 11 is 0. The Labute approximate surface area is 164 Å². The molecule has 2 unspecified atom stereocenters. The molecule has 4 aliphatic rings. The van der Waals surface area contributed by atoms with Gasteiger partial charge in [0.25, 0.3) is 0 Å².